The molecule has 45 heavy (non-hydrogen) atoms. The van der Waals surface area contributed by atoms with Gasteiger partial charge in [0.2, 0.25) is 5.91 Å². The Morgan fingerprint density at radius 1 is 1.09 bits per heavy atom. The maximum Gasteiger partial charge on any atom is 0.250 e. The van der Waals surface area contributed by atoms with E-state index in [-0.39, 0.29) is 14.7 Å². The van der Waals surface area contributed by atoms with Crippen molar-refractivity contribution in [2.75, 3.05) is 57.6 Å². The van der Waals surface area contributed by atoms with E-state index in [1.165, 1.54) is 11.1 Å². The SMILES string of the molecule is C=C(C)C(=O)Nc1cc(NC(=O)CN2CC3COCC3C2)cnc1C.C=C\C=C/C(=C\C(C)=C(C)C)C(/C=C)=C/N(C)C.CC.[HH].[HH]. The normalized spacial score (nSPS) is 17.6. The number of amides is 2. The van der Waals surface area contributed by atoms with Gasteiger partial charge >= 0.3 is 0 Å². The summed E-state index contributed by atoms with van der Waals surface area (Å²) in [6.45, 7) is 28.8. The van der Waals surface area contributed by atoms with Crippen molar-refractivity contribution in [3.63, 3.8) is 0 Å². The first-order chi connectivity index (χ1) is 21.3. The number of hydrogen-bond acceptors (Lipinski definition) is 6. The molecule has 2 atom stereocenters. The molecule has 0 radical (unpaired) electrons. The monoisotopic (exact) mass is 621 g/mol. The van der Waals surface area contributed by atoms with E-state index in [9.17, 15) is 9.59 Å². The zero-order chi connectivity index (χ0) is 34.1. The number of anilines is 2. The van der Waals surface area contributed by atoms with Gasteiger partial charge in [0.1, 0.15) is 0 Å². The van der Waals surface area contributed by atoms with Gasteiger partial charge in [0.05, 0.1) is 43.0 Å². The van der Waals surface area contributed by atoms with Gasteiger partial charge in [-0.2, -0.15) is 0 Å². The second-order valence-electron chi connectivity index (χ2n) is 11.5. The molecule has 0 saturated carbocycles. The highest BCUT2D eigenvalue weighted by Crippen LogP contribution is 2.29. The smallest absolute Gasteiger partial charge is 0.250 e. The number of nitrogens with zero attached hydrogens (tertiary/aromatic N) is 3. The molecule has 0 aromatic carbocycles. The van der Waals surface area contributed by atoms with Crippen molar-refractivity contribution in [3.8, 4) is 0 Å². The molecule has 3 heterocycles. The number of rotatable bonds is 11. The van der Waals surface area contributed by atoms with Crippen molar-refractivity contribution in [3.05, 3.63) is 102 Å². The van der Waals surface area contributed by atoms with Gasteiger partial charge in [0, 0.05) is 53.6 Å². The number of aromatic nitrogens is 1. The first-order valence-corrected chi connectivity index (χ1v) is 15.5. The standard InChI is InChI=1S/C18H24N4O3.C17H25N.C2H6.2H2/c1-11(2)18(24)21-16-4-15(5-19-12(16)3)20-17(23)8-22-6-13-9-25-10-14(13)7-22;1-8-10-11-17(12-15(5)14(3)4)16(9-2)13-18(6)7;1-2;;/h4-5,13-14H,1,6-10H2,2-3H3,(H,20,23)(H,21,24);8-13H,1-2H2,3-7H3;1-2H3;2*1H/b;11-10-,16-13+,17-12+;;;. The molecule has 2 N–H and O–H groups in total. The van der Waals surface area contributed by atoms with Crippen LogP contribution in [0.15, 0.2) is 96.4 Å². The number of aryl methyl sites for hydroxylation is 1. The maximum atomic E-state index is 12.3. The molecule has 8 nitrogen and oxygen atoms in total. The summed E-state index contributed by atoms with van der Waals surface area (Å²) in [6.07, 6.45) is 13.5. The van der Waals surface area contributed by atoms with E-state index in [0.29, 0.717) is 41.0 Å². The Balaban J connectivity index is 0. The third kappa shape index (κ3) is 13.7. The minimum atomic E-state index is -0.265. The Bertz CT molecular complexity index is 1310. The highest BCUT2D eigenvalue weighted by atomic mass is 16.5. The van der Waals surface area contributed by atoms with Gasteiger partial charge in [-0.15, -0.1) is 0 Å². The summed E-state index contributed by atoms with van der Waals surface area (Å²) in [5.74, 6) is 0.763. The number of carbonyl (C=O) groups excluding carboxylic acids is 2. The van der Waals surface area contributed by atoms with E-state index in [1.54, 1.807) is 32.2 Å². The molecule has 2 amide bonds. The number of ether oxygens (including phenoxy) is 1. The maximum absolute atomic E-state index is 12.3. The molecule has 1 aromatic heterocycles. The minimum Gasteiger partial charge on any atom is -0.383 e. The zero-order valence-corrected chi connectivity index (χ0v) is 29.0. The predicted octanol–water partition coefficient (Wildman–Crippen LogP) is 7.58. The highest BCUT2D eigenvalue weighted by Gasteiger charge is 2.37. The van der Waals surface area contributed by atoms with Crippen molar-refractivity contribution < 1.29 is 17.2 Å². The van der Waals surface area contributed by atoms with Crippen LogP contribution in [-0.2, 0) is 14.3 Å². The van der Waals surface area contributed by atoms with Gasteiger partial charge in [-0.25, -0.2) is 0 Å². The van der Waals surface area contributed by atoms with Gasteiger partial charge < -0.3 is 20.3 Å². The van der Waals surface area contributed by atoms with Crippen LogP contribution in [0.2, 0.25) is 0 Å². The topological polar surface area (TPSA) is 86.8 Å². The number of nitrogens with one attached hydrogen (secondary N) is 2. The molecule has 2 unspecified atom stereocenters. The number of fused-ring (bicyclic) bond motifs is 1. The van der Waals surface area contributed by atoms with E-state index in [0.717, 1.165) is 37.4 Å². The van der Waals surface area contributed by atoms with Crippen LogP contribution in [0.25, 0.3) is 0 Å². The molecule has 0 bridgehead atoms. The average Bonchev–Trinajstić information content (AvgIpc) is 3.58. The molecular formula is C37H59N5O3. The predicted molar refractivity (Wildman–Crippen MR) is 194 cm³/mol. The Hall–Kier alpha value is -4.01. The van der Waals surface area contributed by atoms with Gasteiger partial charge in [-0.3, -0.25) is 19.5 Å². The first-order valence-electron chi connectivity index (χ1n) is 15.5. The highest BCUT2D eigenvalue weighted by molar-refractivity contribution is 6.03. The minimum absolute atomic E-state index is 0. The number of allylic oxidation sites excluding steroid dienone is 9. The third-order valence-electron chi connectivity index (χ3n) is 7.21. The van der Waals surface area contributed by atoms with Gasteiger partial charge in [0.25, 0.3) is 5.91 Å². The fourth-order valence-electron chi connectivity index (χ4n) is 4.57. The molecule has 2 aliphatic rings. The summed E-state index contributed by atoms with van der Waals surface area (Å²) >= 11 is 0. The molecule has 1 aromatic rings. The van der Waals surface area contributed by atoms with E-state index >= 15 is 0 Å². The quantitative estimate of drug-likeness (QED) is 0.196. The molecule has 2 saturated heterocycles. The van der Waals surface area contributed by atoms with Crippen molar-refractivity contribution >= 4 is 23.2 Å². The van der Waals surface area contributed by atoms with Crippen LogP contribution >= 0.6 is 0 Å². The van der Waals surface area contributed by atoms with Gasteiger partial charge in [0.15, 0.2) is 0 Å². The third-order valence-corrected chi connectivity index (χ3v) is 7.21. The molecule has 3 rings (SSSR count). The molecule has 2 aliphatic heterocycles. The lowest BCUT2D eigenvalue weighted by Crippen LogP contribution is -2.32. The van der Waals surface area contributed by atoms with Crippen LogP contribution in [0.1, 0.15) is 50.1 Å². The molecular weight excluding hydrogens is 562 g/mol. The lowest BCUT2D eigenvalue weighted by molar-refractivity contribution is -0.117. The van der Waals surface area contributed by atoms with Crippen molar-refractivity contribution in [2.45, 2.75) is 48.5 Å². The van der Waals surface area contributed by atoms with Gasteiger partial charge in [-0.1, -0.05) is 75.1 Å². The van der Waals surface area contributed by atoms with Crippen molar-refractivity contribution in [1.82, 2.24) is 14.8 Å². The fraction of sp³-hybridized carbons (Fsp3) is 0.432. The molecule has 250 valence electrons. The van der Waals surface area contributed by atoms with E-state index in [4.69, 9.17) is 4.74 Å². The summed E-state index contributed by atoms with van der Waals surface area (Å²) in [4.78, 5) is 32.5. The van der Waals surface area contributed by atoms with Crippen molar-refractivity contribution in [1.29, 1.82) is 0 Å². The van der Waals surface area contributed by atoms with E-state index < -0.39 is 0 Å². The number of carbonyl (C=O) groups is 2. The number of likely N-dealkylation sites (tertiary alicyclic amines) is 1. The van der Waals surface area contributed by atoms with Crippen LogP contribution < -0.4 is 10.6 Å². The molecule has 0 aliphatic carbocycles. The zero-order valence-electron chi connectivity index (χ0n) is 29.0. The molecule has 2 fully saturated rings. The Morgan fingerprint density at radius 3 is 2.22 bits per heavy atom. The average molecular weight is 622 g/mol. The Morgan fingerprint density at radius 2 is 1.71 bits per heavy atom. The summed E-state index contributed by atoms with van der Waals surface area (Å²) in [7, 11) is 4.01. The summed E-state index contributed by atoms with van der Waals surface area (Å²) in [5.41, 5.74) is 7.04. The van der Waals surface area contributed by atoms with Crippen LogP contribution in [-0.4, -0.2) is 73.5 Å². The first kappa shape index (κ1) is 39.0. The van der Waals surface area contributed by atoms with Crippen LogP contribution in [0.3, 0.4) is 0 Å². The number of hydrogen-bond donors (Lipinski definition) is 2. The Labute approximate surface area is 275 Å². The lowest BCUT2D eigenvalue weighted by Gasteiger charge is -2.16. The van der Waals surface area contributed by atoms with E-state index in [2.05, 4.69) is 79.4 Å². The van der Waals surface area contributed by atoms with Crippen LogP contribution in [0, 0.1) is 18.8 Å². The fourth-order valence-corrected chi connectivity index (χ4v) is 4.57. The van der Waals surface area contributed by atoms with Gasteiger partial charge in [-0.05, 0) is 51.8 Å². The second kappa shape index (κ2) is 20.1. The van der Waals surface area contributed by atoms with Crippen LogP contribution in [0.4, 0.5) is 11.4 Å². The summed E-state index contributed by atoms with van der Waals surface area (Å²) in [6, 6.07) is 1.72. The summed E-state index contributed by atoms with van der Waals surface area (Å²) < 4.78 is 5.46. The molecule has 0 spiro atoms. The van der Waals surface area contributed by atoms with Crippen LogP contribution in [0.5, 0.6) is 0 Å². The lowest BCUT2D eigenvalue weighted by atomic mass is 10.0. The summed E-state index contributed by atoms with van der Waals surface area (Å²) in [5, 5.41) is 5.60. The largest absolute Gasteiger partial charge is 0.383 e. The Kier molecular flexibility index (Phi) is 17.4. The molecule has 8 heteroatoms. The van der Waals surface area contributed by atoms with Crippen molar-refractivity contribution in [2.24, 2.45) is 11.8 Å². The van der Waals surface area contributed by atoms with E-state index in [1.807, 2.05) is 45.0 Å². The second-order valence-corrected chi connectivity index (χ2v) is 11.5. The number of pyridine rings is 1.